The molecule has 2 amide bonds. The van der Waals surface area contributed by atoms with E-state index in [0.29, 0.717) is 32.2 Å². The Bertz CT molecular complexity index is 1250. The molecule has 1 saturated heterocycles. The number of nitrogens with one attached hydrogen (secondary N) is 2. The highest BCUT2D eigenvalue weighted by Gasteiger charge is 2.38. The first-order valence-electron chi connectivity index (χ1n) is 12.6. The Morgan fingerprint density at radius 1 is 1.11 bits per heavy atom. The van der Waals surface area contributed by atoms with E-state index >= 15 is 0 Å². The summed E-state index contributed by atoms with van der Waals surface area (Å²) in [5.74, 6) is 0.982. The first kappa shape index (κ1) is 23.4. The summed E-state index contributed by atoms with van der Waals surface area (Å²) in [4.78, 5) is 27.2. The molecule has 35 heavy (non-hydrogen) atoms. The quantitative estimate of drug-likeness (QED) is 0.515. The van der Waals surface area contributed by atoms with Gasteiger partial charge in [0.2, 0.25) is 11.8 Å². The molecule has 1 unspecified atom stereocenters. The largest absolute Gasteiger partial charge is 0.496 e. The van der Waals surface area contributed by atoms with E-state index in [4.69, 9.17) is 4.74 Å². The van der Waals surface area contributed by atoms with Crippen LogP contribution < -0.4 is 10.1 Å². The number of amides is 2. The zero-order valence-electron chi connectivity index (χ0n) is 20.7. The molecule has 0 saturated carbocycles. The van der Waals surface area contributed by atoms with Crippen LogP contribution in [0.5, 0.6) is 5.75 Å². The number of H-pyrrole nitrogens is 1. The van der Waals surface area contributed by atoms with E-state index in [1.54, 1.807) is 12.0 Å². The van der Waals surface area contributed by atoms with Gasteiger partial charge in [-0.2, -0.15) is 5.10 Å². The molecule has 1 aliphatic heterocycles. The van der Waals surface area contributed by atoms with Crippen molar-refractivity contribution in [2.75, 3.05) is 14.2 Å². The highest BCUT2D eigenvalue weighted by Crippen LogP contribution is 2.35. The number of aromatic amines is 1. The average Bonchev–Trinajstić information content (AvgIpc) is 3.46. The lowest BCUT2D eigenvalue weighted by molar-refractivity contribution is -0.131. The number of rotatable bonds is 8. The second-order valence-corrected chi connectivity index (χ2v) is 10.1. The summed E-state index contributed by atoms with van der Waals surface area (Å²) in [6.07, 6.45) is 7.37. The standard InChI is InChI=1S/C28H34N4O3/c1-32(18-24-22-9-5-6-10-23(22)30-31-24)27(34)14-16-28(15-13-26(33)29-28)17-19-11-12-25(35-2)21-8-4-3-7-20(19)21/h3-4,7-8,11-12H,5-6,9-10,13-18H2,1-2H3,(H,29,33)(H,30,31). The maximum absolute atomic E-state index is 13.1. The van der Waals surface area contributed by atoms with Crippen molar-refractivity contribution in [3.63, 3.8) is 0 Å². The normalized spacial score (nSPS) is 19.4. The third-order valence-corrected chi connectivity index (χ3v) is 7.73. The fourth-order valence-electron chi connectivity index (χ4n) is 5.74. The fraction of sp³-hybridized carbons (Fsp3) is 0.464. The van der Waals surface area contributed by atoms with Crippen LogP contribution in [0.15, 0.2) is 36.4 Å². The lowest BCUT2D eigenvalue weighted by Crippen LogP contribution is -2.44. The van der Waals surface area contributed by atoms with Crippen molar-refractivity contribution in [3.8, 4) is 5.75 Å². The van der Waals surface area contributed by atoms with Crippen molar-refractivity contribution >= 4 is 22.6 Å². The smallest absolute Gasteiger partial charge is 0.222 e. The number of hydrogen-bond donors (Lipinski definition) is 2. The Kier molecular flexibility index (Phi) is 6.50. The van der Waals surface area contributed by atoms with Gasteiger partial charge in [0.25, 0.3) is 0 Å². The van der Waals surface area contributed by atoms with Crippen molar-refractivity contribution in [3.05, 3.63) is 58.9 Å². The number of nitrogens with zero attached hydrogens (tertiary/aromatic N) is 2. The first-order chi connectivity index (χ1) is 17.0. The van der Waals surface area contributed by atoms with Crippen LogP contribution >= 0.6 is 0 Å². The predicted octanol–water partition coefficient (Wildman–Crippen LogP) is 4.08. The topological polar surface area (TPSA) is 87.3 Å². The van der Waals surface area contributed by atoms with Gasteiger partial charge in [0.1, 0.15) is 5.75 Å². The molecule has 184 valence electrons. The highest BCUT2D eigenvalue weighted by atomic mass is 16.5. The van der Waals surface area contributed by atoms with Gasteiger partial charge in [0.15, 0.2) is 0 Å². The zero-order valence-corrected chi connectivity index (χ0v) is 20.7. The number of carbonyl (C=O) groups excluding carboxylic acids is 2. The van der Waals surface area contributed by atoms with E-state index in [-0.39, 0.29) is 11.8 Å². The Hall–Kier alpha value is -3.35. The summed E-state index contributed by atoms with van der Waals surface area (Å²) in [6, 6.07) is 12.3. The Morgan fingerprint density at radius 2 is 1.91 bits per heavy atom. The summed E-state index contributed by atoms with van der Waals surface area (Å²) in [6.45, 7) is 0.521. The Morgan fingerprint density at radius 3 is 2.69 bits per heavy atom. The third-order valence-electron chi connectivity index (χ3n) is 7.73. The van der Waals surface area contributed by atoms with Crippen molar-refractivity contribution in [1.82, 2.24) is 20.4 Å². The van der Waals surface area contributed by atoms with Gasteiger partial charge in [-0.15, -0.1) is 0 Å². The molecule has 7 nitrogen and oxygen atoms in total. The fourth-order valence-corrected chi connectivity index (χ4v) is 5.74. The number of ether oxygens (including phenoxy) is 1. The van der Waals surface area contributed by atoms with Crippen LogP contribution in [0.2, 0.25) is 0 Å². The average molecular weight is 475 g/mol. The number of aryl methyl sites for hydroxylation is 1. The van der Waals surface area contributed by atoms with Gasteiger partial charge in [-0.05, 0) is 67.5 Å². The van der Waals surface area contributed by atoms with Crippen molar-refractivity contribution < 1.29 is 14.3 Å². The molecule has 0 spiro atoms. The Balaban J connectivity index is 1.30. The number of methoxy groups -OCH3 is 1. The maximum atomic E-state index is 13.1. The van der Waals surface area contributed by atoms with Gasteiger partial charge >= 0.3 is 0 Å². The van der Waals surface area contributed by atoms with Crippen molar-refractivity contribution in [1.29, 1.82) is 0 Å². The van der Waals surface area contributed by atoms with Gasteiger partial charge in [0, 0.05) is 36.5 Å². The molecule has 1 atom stereocenters. The minimum atomic E-state index is -0.420. The summed E-state index contributed by atoms with van der Waals surface area (Å²) in [5, 5.41) is 13.1. The summed E-state index contributed by atoms with van der Waals surface area (Å²) in [7, 11) is 3.53. The monoisotopic (exact) mass is 474 g/mol. The van der Waals surface area contributed by atoms with Crippen LogP contribution in [-0.2, 0) is 35.4 Å². The molecule has 5 rings (SSSR count). The van der Waals surface area contributed by atoms with Crippen molar-refractivity contribution in [2.45, 2.75) is 69.9 Å². The highest BCUT2D eigenvalue weighted by molar-refractivity contribution is 5.91. The summed E-state index contributed by atoms with van der Waals surface area (Å²) >= 11 is 0. The van der Waals surface area contributed by atoms with Crippen LogP contribution in [0.3, 0.4) is 0 Å². The van der Waals surface area contributed by atoms with E-state index in [0.717, 1.165) is 47.0 Å². The lowest BCUT2D eigenvalue weighted by atomic mass is 9.83. The van der Waals surface area contributed by atoms with Crippen molar-refractivity contribution in [2.24, 2.45) is 0 Å². The zero-order chi connectivity index (χ0) is 24.4. The SMILES string of the molecule is COc1ccc(CC2(CCC(=O)N(C)Cc3n[nH]c4c3CCCC4)CCC(=O)N2)c2ccccc12. The van der Waals surface area contributed by atoms with E-state index in [2.05, 4.69) is 33.7 Å². The molecule has 1 aromatic heterocycles. The first-order valence-corrected chi connectivity index (χ1v) is 12.6. The molecule has 0 bridgehead atoms. The summed E-state index contributed by atoms with van der Waals surface area (Å²) in [5.41, 5.74) is 4.25. The van der Waals surface area contributed by atoms with Gasteiger partial charge in [-0.25, -0.2) is 0 Å². The number of hydrogen-bond acceptors (Lipinski definition) is 4. The molecule has 2 heterocycles. The Labute approximate surface area is 206 Å². The second kappa shape index (κ2) is 9.72. The number of benzene rings is 2. The van der Waals surface area contributed by atoms with E-state index in [1.165, 1.54) is 24.1 Å². The van der Waals surface area contributed by atoms with E-state index in [1.807, 2.05) is 25.2 Å². The van der Waals surface area contributed by atoms with Gasteiger partial charge in [-0.3, -0.25) is 14.7 Å². The van der Waals surface area contributed by atoms with Crippen LogP contribution in [0.25, 0.3) is 10.8 Å². The van der Waals surface area contributed by atoms with Gasteiger partial charge in [0.05, 0.1) is 19.3 Å². The number of carbonyl (C=O) groups is 2. The van der Waals surface area contributed by atoms with Crippen LogP contribution in [0.1, 0.15) is 61.0 Å². The molecule has 2 aromatic carbocycles. The molecular weight excluding hydrogens is 440 g/mol. The number of aromatic nitrogens is 2. The van der Waals surface area contributed by atoms with E-state index < -0.39 is 5.54 Å². The number of fused-ring (bicyclic) bond motifs is 2. The molecule has 2 N–H and O–H groups in total. The molecule has 0 radical (unpaired) electrons. The van der Waals surface area contributed by atoms with Crippen LogP contribution in [-0.4, -0.2) is 46.6 Å². The van der Waals surface area contributed by atoms with E-state index in [9.17, 15) is 9.59 Å². The lowest BCUT2D eigenvalue weighted by Gasteiger charge is -2.31. The van der Waals surface area contributed by atoms with Crippen LogP contribution in [0.4, 0.5) is 0 Å². The van der Waals surface area contributed by atoms with Gasteiger partial charge < -0.3 is 15.0 Å². The minimum absolute atomic E-state index is 0.0618. The molecule has 7 heteroatoms. The summed E-state index contributed by atoms with van der Waals surface area (Å²) < 4.78 is 5.55. The molecular formula is C28H34N4O3. The van der Waals surface area contributed by atoms with Crippen LogP contribution in [0, 0.1) is 0 Å². The second-order valence-electron chi connectivity index (χ2n) is 10.1. The minimum Gasteiger partial charge on any atom is -0.496 e. The molecule has 2 aliphatic rings. The predicted molar refractivity (Wildman–Crippen MR) is 135 cm³/mol. The maximum Gasteiger partial charge on any atom is 0.222 e. The van der Waals surface area contributed by atoms with Gasteiger partial charge in [-0.1, -0.05) is 30.3 Å². The third kappa shape index (κ3) is 4.77. The molecule has 1 aliphatic carbocycles. The molecule has 3 aromatic rings. The molecule has 1 fully saturated rings.